The Balaban J connectivity index is 2.14. The Morgan fingerprint density at radius 2 is 1.92 bits per heavy atom. The van der Waals surface area contributed by atoms with Crippen LogP contribution in [0.3, 0.4) is 0 Å². The molecule has 1 fully saturated rings. The Labute approximate surface area is 152 Å². The second-order valence-electron chi connectivity index (χ2n) is 6.13. The van der Waals surface area contributed by atoms with E-state index in [2.05, 4.69) is 16.7 Å². The van der Waals surface area contributed by atoms with Gasteiger partial charge in [0.25, 0.3) is 0 Å². The molecule has 8 heteroatoms. The molecule has 0 saturated heterocycles. The van der Waals surface area contributed by atoms with Gasteiger partial charge >= 0.3 is 6.09 Å². The molecule has 2 amide bonds. The largest absolute Gasteiger partial charge is 0.493 e. The number of methoxy groups -OCH3 is 2. The van der Waals surface area contributed by atoms with Crippen LogP contribution in [0.4, 0.5) is 4.79 Å². The summed E-state index contributed by atoms with van der Waals surface area (Å²) in [6.45, 7) is 0. The minimum Gasteiger partial charge on any atom is -0.493 e. The van der Waals surface area contributed by atoms with Crippen LogP contribution in [0, 0.1) is 17.2 Å². The van der Waals surface area contributed by atoms with Gasteiger partial charge < -0.3 is 25.2 Å². The van der Waals surface area contributed by atoms with Gasteiger partial charge in [-0.25, -0.2) is 4.79 Å². The molecule has 1 saturated carbocycles. The highest BCUT2D eigenvalue weighted by Gasteiger charge is 2.33. The predicted molar refractivity (Wildman–Crippen MR) is 92.9 cm³/mol. The van der Waals surface area contributed by atoms with Crippen molar-refractivity contribution in [2.75, 3.05) is 14.2 Å². The fourth-order valence-electron chi connectivity index (χ4n) is 3.25. The molecule has 0 heterocycles. The van der Waals surface area contributed by atoms with E-state index < -0.39 is 24.1 Å². The van der Waals surface area contributed by atoms with E-state index in [0.717, 1.165) is 12.8 Å². The molecule has 26 heavy (non-hydrogen) atoms. The van der Waals surface area contributed by atoms with Crippen LogP contribution in [0.1, 0.15) is 37.3 Å². The van der Waals surface area contributed by atoms with Gasteiger partial charge in [0.2, 0.25) is 5.91 Å². The molecule has 0 aromatic heterocycles. The number of nitrogens with zero attached hydrogens (tertiary/aromatic N) is 1. The smallest absolute Gasteiger partial charge is 0.404 e. The van der Waals surface area contributed by atoms with Gasteiger partial charge in [-0.15, -0.1) is 0 Å². The summed E-state index contributed by atoms with van der Waals surface area (Å²) in [5, 5.41) is 23.6. The fourth-order valence-corrected chi connectivity index (χ4v) is 3.25. The zero-order valence-corrected chi connectivity index (χ0v) is 14.8. The van der Waals surface area contributed by atoms with Crippen molar-refractivity contribution < 1.29 is 24.2 Å². The van der Waals surface area contributed by atoms with E-state index in [0.29, 0.717) is 29.9 Å². The van der Waals surface area contributed by atoms with Crippen molar-refractivity contribution in [3.05, 3.63) is 23.8 Å². The Morgan fingerprint density at radius 1 is 1.23 bits per heavy atom. The van der Waals surface area contributed by atoms with Crippen LogP contribution in [0.15, 0.2) is 18.2 Å². The Morgan fingerprint density at radius 3 is 2.54 bits per heavy atom. The molecule has 0 spiro atoms. The van der Waals surface area contributed by atoms with Crippen molar-refractivity contribution >= 4 is 12.0 Å². The molecule has 0 bridgehead atoms. The molecular weight excluding hydrogens is 338 g/mol. The lowest BCUT2D eigenvalue weighted by molar-refractivity contribution is -0.127. The molecule has 3 N–H and O–H groups in total. The second-order valence-corrected chi connectivity index (χ2v) is 6.13. The van der Waals surface area contributed by atoms with E-state index in [1.54, 1.807) is 18.2 Å². The van der Waals surface area contributed by atoms with Gasteiger partial charge in [-0.2, -0.15) is 5.26 Å². The number of ether oxygens (including phenoxy) is 2. The first kappa shape index (κ1) is 19.4. The van der Waals surface area contributed by atoms with Crippen LogP contribution in [0.25, 0.3) is 0 Å². The Bertz CT molecular complexity index is 701. The number of benzene rings is 1. The minimum atomic E-state index is -1.15. The summed E-state index contributed by atoms with van der Waals surface area (Å²) in [4.78, 5) is 23.6. The Hall–Kier alpha value is -2.95. The third-order valence-corrected chi connectivity index (χ3v) is 4.57. The number of carboxylic acid groups (broad SMARTS) is 1. The second kappa shape index (κ2) is 8.94. The number of nitriles is 1. The number of amides is 2. The summed E-state index contributed by atoms with van der Waals surface area (Å²) in [6.07, 6.45) is 1.76. The molecule has 0 aliphatic heterocycles. The highest BCUT2D eigenvalue weighted by atomic mass is 16.5. The predicted octanol–water partition coefficient (Wildman–Crippen LogP) is 2.21. The van der Waals surface area contributed by atoms with Crippen molar-refractivity contribution in [2.24, 2.45) is 5.92 Å². The lowest BCUT2D eigenvalue weighted by Crippen LogP contribution is -2.48. The quantitative estimate of drug-likeness (QED) is 0.714. The maximum atomic E-state index is 12.7. The third-order valence-electron chi connectivity index (χ3n) is 4.57. The average molecular weight is 361 g/mol. The van der Waals surface area contributed by atoms with E-state index in [-0.39, 0.29) is 5.91 Å². The molecule has 1 aliphatic carbocycles. The maximum absolute atomic E-state index is 12.7. The van der Waals surface area contributed by atoms with Crippen LogP contribution in [0.2, 0.25) is 0 Å². The first-order chi connectivity index (χ1) is 12.5. The van der Waals surface area contributed by atoms with E-state index in [9.17, 15) is 14.9 Å². The van der Waals surface area contributed by atoms with Crippen LogP contribution in [0.5, 0.6) is 11.5 Å². The molecule has 1 aliphatic rings. The van der Waals surface area contributed by atoms with Gasteiger partial charge in [0, 0.05) is 6.04 Å². The van der Waals surface area contributed by atoms with Gasteiger partial charge in [0.15, 0.2) is 11.5 Å². The summed E-state index contributed by atoms with van der Waals surface area (Å²) in [5.74, 6) is 0.167. The van der Waals surface area contributed by atoms with Crippen LogP contribution < -0.4 is 20.1 Å². The summed E-state index contributed by atoms with van der Waals surface area (Å²) in [7, 11) is 3.01. The molecule has 1 aromatic carbocycles. The standard InChI is InChI=1S/C18H23N3O5/c1-25-15-8-7-11(9-16(15)26-2)14(10-19)20-17(22)12-5-3-4-6-13(12)21-18(23)24/h7-9,12-14,21H,3-6H2,1-2H3,(H,20,22)(H,23,24). The van der Waals surface area contributed by atoms with Crippen molar-refractivity contribution in [3.8, 4) is 17.6 Å². The van der Waals surface area contributed by atoms with Crippen LogP contribution in [-0.4, -0.2) is 37.4 Å². The zero-order valence-electron chi connectivity index (χ0n) is 14.8. The van der Waals surface area contributed by atoms with Gasteiger partial charge in [-0.05, 0) is 30.5 Å². The van der Waals surface area contributed by atoms with Crippen LogP contribution in [-0.2, 0) is 4.79 Å². The van der Waals surface area contributed by atoms with Gasteiger partial charge in [0.1, 0.15) is 6.04 Å². The topological polar surface area (TPSA) is 121 Å². The van der Waals surface area contributed by atoms with Gasteiger partial charge in [0.05, 0.1) is 26.2 Å². The molecule has 8 nitrogen and oxygen atoms in total. The van der Waals surface area contributed by atoms with Crippen molar-refractivity contribution in [1.82, 2.24) is 10.6 Å². The monoisotopic (exact) mass is 361 g/mol. The van der Waals surface area contributed by atoms with E-state index in [1.165, 1.54) is 14.2 Å². The lowest BCUT2D eigenvalue weighted by atomic mass is 9.83. The number of rotatable bonds is 6. The number of nitrogens with one attached hydrogen (secondary N) is 2. The normalized spacial score (nSPS) is 20.3. The van der Waals surface area contributed by atoms with Crippen LogP contribution >= 0.6 is 0 Å². The van der Waals surface area contributed by atoms with Crippen molar-refractivity contribution in [3.63, 3.8) is 0 Å². The van der Waals surface area contributed by atoms with E-state index in [4.69, 9.17) is 14.6 Å². The summed E-state index contributed by atoms with van der Waals surface area (Å²) in [6, 6.07) is 5.75. The molecule has 1 aromatic rings. The Kier molecular flexibility index (Phi) is 6.67. The molecular formula is C18H23N3O5. The first-order valence-corrected chi connectivity index (χ1v) is 8.41. The minimum absolute atomic E-state index is 0.329. The van der Waals surface area contributed by atoms with Gasteiger partial charge in [-0.3, -0.25) is 4.79 Å². The first-order valence-electron chi connectivity index (χ1n) is 8.41. The number of carbonyl (C=O) groups is 2. The molecule has 0 radical (unpaired) electrons. The van der Waals surface area contributed by atoms with Crippen molar-refractivity contribution in [1.29, 1.82) is 5.26 Å². The highest BCUT2D eigenvalue weighted by Crippen LogP contribution is 2.30. The van der Waals surface area contributed by atoms with Crippen molar-refractivity contribution in [2.45, 2.75) is 37.8 Å². The maximum Gasteiger partial charge on any atom is 0.404 e. The van der Waals surface area contributed by atoms with E-state index >= 15 is 0 Å². The number of carbonyl (C=O) groups excluding carboxylic acids is 1. The highest BCUT2D eigenvalue weighted by molar-refractivity contribution is 5.81. The summed E-state index contributed by atoms with van der Waals surface area (Å²) < 4.78 is 10.4. The molecule has 3 atom stereocenters. The van der Waals surface area contributed by atoms with Gasteiger partial charge in [-0.1, -0.05) is 18.9 Å². The number of hydrogen-bond donors (Lipinski definition) is 3. The third kappa shape index (κ3) is 4.57. The SMILES string of the molecule is COc1ccc(C(C#N)NC(=O)C2CCCCC2NC(=O)O)cc1OC. The molecule has 3 unspecified atom stereocenters. The average Bonchev–Trinajstić information content (AvgIpc) is 2.65. The summed E-state index contributed by atoms with van der Waals surface area (Å²) in [5.41, 5.74) is 0.567. The number of hydrogen-bond acceptors (Lipinski definition) is 5. The zero-order chi connectivity index (χ0) is 19.1. The lowest BCUT2D eigenvalue weighted by Gasteiger charge is -2.31. The summed E-state index contributed by atoms with van der Waals surface area (Å²) >= 11 is 0. The van der Waals surface area contributed by atoms with E-state index in [1.807, 2.05) is 0 Å². The molecule has 2 rings (SSSR count). The molecule has 140 valence electrons. The fraction of sp³-hybridized carbons (Fsp3) is 0.500.